The maximum atomic E-state index is 12.4. The topological polar surface area (TPSA) is 72.8 Å². The molecule has 0 heterocycles. The van der Waals surface area contributed by atoms with Crippen LogP contribution in [0.3, 0.4) is 0 Å². The highest BCUT2D eigenvalue weighted by Gasteiger charge is 2.22. The van der Waals surface area contributed by atoms with Crippen molar-refractivity contribution in [3.8, 4) is 11.5 Å². The summed E-state index contributed by atoms with van der Waals surface area (Å²) < 4.78 is 10.3. The number of Topliss-reactive ketones (excluding diaryl/α,β-unsaturated/α-hetero) is 1. The Bertz CT molecular complexity index is 960. The highest BCUT2D eigenvalue weighted by Crippen LogP contribution is 2.29. The Labute approximate surface area is 150 Å². The van der Waals surface area contributed by atoms with E-state index in [1.54, 1.807) is 42.5 Å². The number of hydrogen-bond donors (Lipinski definition) is 1. The van der Waals surface area contributed by atoms with Gasteiger partial charge in [0.1, 0.15) is 17.1 Å². The molecule has 0 amide bonds. The number of hydrogen-bond acceptors (Lipinski definition) is 5. The number of fused-ring (bicyclic) bond motifs is 1. The fraction of sp³-hybridized carbons (Fsp3) is 0.143. The van der Waals surface area contributed by atoms with Gasteiger partial charge in [-0.1, -0.05) is 30.3 Å². The van der Waals surface area contributed by atoms with E-state index in [2.05, 4.69) is 0 Å². The lowest BCUT2D eigenvalue weighted by atomic mass is 10.0. The third-order valence-electron chi connectivity index (χ3n) is 4.15. The monoisotopic (exact) mass is 350 g/mol. The van der Waals surface area contributed by atoms with Gasteiger partial charge >= 0.3 is 5.97 Å². The van der Waals surface area contributed by atoms with Gasteiger partial charge in [0, 0.05) is 10.9 Å². The molecule has 3 aromatic carbocycles. The van der Waals surface area contributed by atoms with Crippen LogP contribution in [0.25, 0.3) is 10.8 Å². The highest BCUT2D eigenvalue weighted by atomic mass is 16.5. The summed E-state index contributed by atoms with van der Waals surface area (Å²) in [7, 11) is 1.54. The smallest absolute Gasteiger partial charge is 0.342 e. The molecule has 0 aromatic heterocycles. The van der Waals surface area contributed by atoms with Crippen molar-refractivity contribution in [1.82, 2.24) is 0 Å². The summed E-state index contributed by atoms with van der Waals surface area (Å²) in [4.78, 5) is 24.8. The third-order valence-corrected chi connectivity index (χ3v) is 4.15. The number of carbonyl (C=O) groups excluding carboxylic acids is 2. The minimum Gasteiger partial charge on any atom is -0.506 e. The first-order valence-corrected chi connectivity index (χ1v) is 8.11. The van der Waals surface area contributed by atoms with E-state index in [-0.39, 0.29) is 17.1 Å². The van der Waals surface area contributed by atoms with Gasteiger partial charge in [-0.2, -0.15) is 0 Å². The Hall–Kier alpha value is -3.34. The average molecular weight is 350 g/mol. The number of ether oxygens (including phenoxy) is 2. The van der Waals surface area contributed by atoms with Gasteiger partial charge in [0.05, 0.1) is 7.11 Å². The molecule has 0 aliphatic rings. The van der Waals surface area contributed by atoms with Crippen LogP contribution in [0.15, 0.2) is 60.7 Å². The van der Waals surface area contributed by atoms with E-state index in [0.29, 0.717) is 16.7 Å². The van der Waals surface area contributed by atoms with Crippen LogP contribution >= 0.6 is 0 Å². The lowest BCUT2D eigenvalue weighted by Gasteiger charge is -2.14. The fourth-order valence-corrected chi connectivity index (χ4v) is 2.69. The summed E-state index contributed by atoms with van der Waals surface area (Å²) in [6.07, 6.45) is -0.984. The molecule has 1 N–H and O–H groups in total. The van der Waals surface area contributed by atoms with Gasteiger partial charge in [0.25, 0.3) is 0 Å². The molecule has 5 heteroatoms. The van der Waals surface area contributed by atoms with E-state index in [1.165, 1.54) is 20.1 Å². The van der Waals surface area contributed by atoms with Gasteiger partial charge in [0.15, 0.2) is 6.10 Å². The molecule has 0 unspecified atom stereocenters. The van der Waals surface area contributed by atoms with Crippen LogP contribution in [0.2, 0.25) is 0 Å². The minimum absolute atomic E-state index is 0.0260. The zero-order valence-corrected chi connectivity index (χ0v) is 14.4. The number of carbonyl (C=O) groups is 2. The Kier molecular flexibility index (Phi) is 4.89. The number of phenolic OH excluding ortho intramolecular Hbond substituents is 1. The largest absolute Gasteiger partial charge is 0.506 e. The number of phenols is 1. The maximum Gasteiger partial charge on any atom is 0.342 e. The standard InChI is InChI=1S/C21H18O5/c1-13(19(22)15-7-10-16(25-2)11-8-15)26-21(24)18-12-9-14-5-3-4-6-17(14)20(18)23/h3-13,23H,1-2H3/t13-/m1/s1. The zero-order valence-electron chi connectivity index (χ0n) is 14.4. The van der Waals surface area contributed by atoms with E-state index >= 15 is 0 Å². The molecule has 3 aromatic rings. The quantitative estimate of drug-likeness (QED) is 0.556. The van der Waals surface area contributed by atoms with Crippen molar-refractivity contribution in [2.45, 2.75) is 13.0 Å². The van der Waals surface area contributed by atoms with Crippen LogP contribution in [-0.4, -0.2) is 30.1 Å². The summed E-state index contributed by atoms with van der Waals surface area (Å²) in [5.74, 6) is -0.603. The van der Waals surface area contributed by atoms with Crippen LogP contribution < -0.4 is 4.74 Å². The van der Waals surface area contributed by atoms with Gasteiger partial charge in [-0.3, -0.25) is 4.79 Å². The predicted octanol–water partition coefficient (Wildman–Crippen LogP) is 3.98. The Morgan fingerprint density at radius 1 is 0.962 bits per heavy atom. The van der Waals surface area contributed by atoms with Crippen molar-refractivity contribution in [2.75, 3.05) is 7.11 Å². The number of benzene rings is 3. The second kappa shape index (κ2) is 7.27. The first-order valence-electron chi connectivity index (χ1n) is 8.11. The van der Waals surface area contributed by atoms with Crippen molar-refractivity contribution in [1.29, 1.82) is 0 Å². The van der Waals surface area contributed by atoms with Gasteiger partial charge in [-0.25, -0.2) is 4.79 Å². The average Bonchev–Trinajstić information content (AvgIpc) is 2.67. The fourth-order valence-electron chi connectivity index (χ4n) is 2.69. The molecule has 1 atom stereocenters. The highest BCUT2D eigenvalue weighted by molar-refractivity contribution is 6.04. The van der Waals surface area contributed by atoms with Crippen LogP contribution in [0.4, 0.5) is 0 Å². The molecular weight excluding hydrogens is 332 g/mol. The summed E-state index contributed by atoms with van der Waals surface area (Å²) >= 11 is 0. The predicted molar refractivity (Wildman–Crippen MR) is 97.8 cm³/mol. The molecule has 3 rings (SSSR count). The lowest BCUT2D eigenvalue weighted by Crippen LogP contribution is -2.24. The van der Waals surface area contributed by atoms with Gasteiger partial charge in [0.2, 0.25) is 5.78 Å². The lowest BCUT2D eigenvalue weighted by molar-refractivity contribution is 0.0316. The van der Waals surface area contributed by atoms with Gasteiger partial charge < -0.3 is 14.6 Å². The van der Waals surface area contributed by atoms with Crippen molar-refractivity contribution in [3.63, 3.8) is 0 Å². The first-order chi connectivity index (χ1) is 12.5. The molecule has 0 aliphatic heterocycles. The molecule has 0 spiro atoms. The van der Waals surface area contributed by atoms with Gasteiger partial charge in [-0.05, 0) is 42.6 Å². The molecule has 0 saturated carbocycles. The Morgan fingerprint density at radius 2 is 1.65 bits per heavy atom. The molecule has 0 radical (unpaired) electrons. The van der Waals surface area contributed by atoms with E-state index in [1.807, 2.05) is 12.1 Å². The Morgan fingerprint density at radius 3 is 2.35 bits per heavy atom. The maximum absolute atomic E-state index is 12.4. The van der Waals surface area contributed by atoms with Crippen LogP contribution in [0.5, 0.6) is 11.5 Å². The molecule has 26 heavy (non-hydrogen) atoms. The summed E-state index contributed by atoms with van der Waals surface area (Å²) in [5.41, 5.74) is 0.437. The molecular formula is C21H18O5. The van der Waals surface area contributed by atoms with Crippen molar-refractivity contribution in [2.24, 2.45) is 0 Å². The Balaban J connectivity index is 1.78. The van der Waals surface area contributed by atoms with E-state index in [9.17, 15) is 14.7 Å². The number of methoxy groups -OCH3 is 1. The second-order valence-corrected chi connectivity index (χ2v) is 5.82. The summed E-state index contributed by atoms with van der Waals surface area (Å²) in [6, 6.07) is 16.9. The number of aromatic hydroxyl groups is 1. The molecule has 0 aliphatic carbocycles. The first kappa shape index (κ1) is 17.5. The number of ketones is 1. The SMILES string of the molecule is COc1ccc(C(=O)[C@@H](C)OC(=O)c2ccc3ccccc3c2O)cc1. The minimum atomic E-state index is -0.984. The van der Waals surface area contributed by atoms with E-state index in [0.717, 1.165) is 5.39 Å². The number of rotatable bonds is 5. The summed E-state index contributed by atoms with van der Waals surface area (Å²) in [6.45, 7) is 1.50. The normalized spacial score (nSPS) is 11.8. The van der Waals surface area contributed by atoms with E-state index in [4.69, 9.17) is 9.47 Å². The van der Waals surface area contributed by atoms with Crippen LogP contribution in [0.1, 0.15) is 27.6 Å². The number of esters is 1. The third kappa shape index (κ3) is 3.37. The molecule has 132 valence electrons. The molecule has 0 saturated heterocycles. The van der Waals surface area contributed by atoms with Crippen molar-refractivity contribution >= 4 is 22.5 Å². The second-order valence-electron chi connectivity index (χ2n) is 5.82. The van der Waals surface area contributed by atoms with Crippen LogP contribution in [-0.2, 0) is 4.74 Å². The summed E-state index contributed by atoms with van der Waals surface area (Å²) in [5, 5.41) is 11.7. The molecule has 0 bridgehead atoms. The van der Waals surface area contributed by atoms with Crippen molar-refractivity contribution in [3.05, 3.63) is 71.8 Å². The molecule has 5 nitrogen and oxygen atoms in total. The molecule has 0 fully saturated rings. The van der Waals surface area contributed by atoms with Crippen molar-refractivity contribution < 1.29 is 24.2 Å². The zero-order chi connectivity index (χ0) is 18.7. The van der Waals surface area contributed by atoms with Gasteiger partial charge in [-0.15, -0.1) is 0 Å². The van der Waals surface area contributed by atoms with E-state index < -0.39 is 12.1 Å². The van der Waals surface area contributed by atoms with Crippen LogP contribution in [0, 0.1) is 0 Å².